The van der Waals surface area contributed by atoms with E-state index in [9.17, 15) is 13.6 Å². The Labute approximate surface area is 107 Å². The largest absolute Gasteiger partial charge is 0.333 e. The first-order valence-corrected chi connectivity index (χ1v) is 6.79. The lowest BCUT2D eigenvalue weighted by atomic mass is 9.87. The molecule has 0 aromatic heterocycles. The van der Waals surface area contributed by atoms with Gasteiger partial charge in [-0.15, -0.1) is 0 Å². The molecular weight excluding hydrogens is 238 g/mol. The summed E-state index contributed by atoms with van der Waals surface area (Å²) in [5.74, 6) is -2.58. The highest BCUT2D eigenvalue weighted by atomic mass is 19.3. The van der Waals surface area contributed by atoms with E-state index in [4.69, 9.17) is 0 Å². The zero-order valence-corrected chi connectivity index (χ0v) is 11.2. The molecule has 104 valence electrons. The summed E-state index contributed by atoms with van der Waals surface area (Å²) >= 11 is 0. The second-order valence-electron chi connectivity index (χ2n) is 5.64. The molecule has 2 aliphatic heterocycles. The summed E-state index contributed by atoms with van der Waals surface area (Å²) in [6.07, 6.45) is 2.02. The monoisotopic (exact) mass is 260 g/mol. The first-order chi connectivity index (χ1) is 8.43. The van der Waals surface area contributed by atoms with Crippen molar-refractivity contribution in [1.82, 2.24) is 9.80 Å². The van der Waals surface area contributed by atoms with Crippen LogP contribution < -0.4 is 0 Å². The van der Waals surface area contributed by atoms with Crippen LogP contribution in [0, 0.1) is 5.92 Å². The van der Waals surface area contributed by atoms with Crippen molar-refractivity contribution >= 4 is 5.91 Å². The summed E-state index contributed by atoms with van der Waals surface area (Å²) in [7, 11) is 2.05. The van der Waals surface area contributed by atoms with Gasteiger partial charge in [0, 0.05) is 18.9 Å². The Bertz CT molecular complexity index is 314. The average Bonchev–Trinajstić information content (AvgIpc) is 2.65. The Morgan fingerprint density at radius 3 is 2.50 bits per heavy atom. The minimum Gasteiger partial charge on any atom is -0.333 e. The van der Waals surface area contributed by atoms with Crippen LogP contribution in [0.4, 0.5) is 8.78 Å². The summed E-state index contributed by atoms with van der Waals surface area (Å²) in [5.41, 5.74) is 0. The molecular formula is C13H22F2N2O. The average molecular weight is 260 g/mol. The van der Waals surface area contributed by atoms with E-state index in [1.54, 1.807) is 6.92 Å². The molecule has 0 aromatic carbocycles. The summed E-state index contributed by atoms with van der Waals surface area (Å²) < 4.78 is 27.1. The fourth-order valence-corrected chi connectivity index (χ4v) is 3.16. The quantitative estimate of drug-likeness (QED) is 0.758. The van der Waals surface area contributed by atoms with Crippen molar-refractivity contribution in [2.24, 2.45) is 5.92 Å². The molecule has 3 nitrogen and oxygen atoms in total. The van der Waals surface area contributed by atoms with Crippen LogP contribution in [0.3, 0.4) is 0 Å². The maximum atomic E-state index is 13.6. The molecule has 0 N–H and O–H groups in total. The van der Waals surface area contributed by atoms with Gasteiger partial charge in [0.05, 0.1) is 6.54 Å². The Balaban J connectivity index is 2.06. The number of amides is 1. The SMILES string of the molecule is CCC(=O)N1CC(F)(F)C[C@H]1C1CCN(C)CC1. The molecule has 2 fully saturated rings. The van der Waals surface area contributed by atoms with Gasteiger partial charge in [0.1, 0.15) is 0 Å². The highest BCUT2D eigenvalue weighted by Gasteiger charge is 2.49. The molecule has 2 saturated heterocycles. The van der Waals surface area contributed by atoms with Gasteiger partial charge in [-0.3, -0.25) is 4.79 Å². The van der Waals surface area contributed by atoms with Crippen molar-refractivity contribution in [1.29, 1.82) is 0 Å². The topological polar surface area (TPSA) is 23.6 Å². The van der Waals surface area contributed by atoms with Crippen molar-refractivity contribution in [3.63, 3.8) is 0 Å². The van der Waals surface area contributed by atoms with Crippen LogP contribution in [0.5, 0.6) is 0 Å². The van der Waals surface area contributed by atoms with Crippen LogP contribution in [-0.2, 0) is 4.79 Å². The van der Waals surface area contributed by atoms with Crippen LogP contribution in [0.1, 0.15) is 32.6 Å². The molecule has 0 spiro atoms. The number of hydrogen-bond acceptors (Lipinski definition) is 2. The standard InChI is InChI=1S/C13H22F2N2O/c1-3-12(18)17-9-13(14,15)8-11(17)10-4-6-16(2)7-5-10/h10-11H,3-9H2,1-2H3/t11-/m0/s1. The van der Waals surface area contributed by atoms with Crippen LogP contribution in [0.2, 0.25) is 0 Å². The number of rotatable bonds is 2. The van der Waals surface area contributed by atoms with Gasteiger partial charge in [0.2, 0.25) is 5.91 Å². The highest BCUT2D eigenvalue weighted by Crippen LogP contribution is 2.38. The number of carbonyl (C=O) groups is 1. The lowest BCUT2D eigenvalue weighted by Gasteiger charge is -2.36. The second-order valence-corrected chi connectivity index (χ2v) is 5.64. The van der Waals surface area contributed by atoms with Crippen LogP contribution in [-0.4, -0.2) is 54.4 Å². The van der Waals surface area contributed by atoms with E-state index in [2.05, 4.69) is 11.9 Å². The predicted octanol–water partition coefficient (Wildman–Crippen LogP) is 1.97. The smallest absolute Gasteiger partial charge is 0.267 e. The summed E-state index contributed by atoms with van der Waals surface area (Å²) in [4.78, 5) is 15.5. The molecule has 2 rings (SSSR count). The van der Waals surface area contributed by atoms with Crippen molar-refractivity contribution in [3.8, 4) is 0 Å². The van der Waals surface area contributed by atoms with E-state index in [-0.39, 0.29) is 30.8 Å². The number of piperidine rings is 1. The Morgan fingerprint density at radius 2 is 1.94 bits per heavy atom. The number of nitrogens with zero attached hydrogens (tertiary/aromatic N) is 2. The van der Waals surface area contributed by atoms with Gasteiger partial charge in [-0.2, -0.15) is 0 Å². The van der Waals surface area contributed by atoms with Crippen LogP contribution in [0.15, 0.2) is 0 Å². The number of carbonyl (C=O) groups excluding carboxylic acids is 1. The third-order valence-electron chi connectivity index (χ3n) is 4.24. The summed E-state index contributed by atoms with van der Waals surface area (Å²) in [6.45, 7) is 3.25. The first-order valence-electron chi connectivity index (χ1n) is 6.79. The molecule has 18 heavy (non-hydrogen) atoms. The molecule has 1 atom stereocenters. The lowest BCUT2D eigenvalue weighted by Crippen LogP contribution is -2.44. The maximum absolute atomic E-state index is 13.6. The lowest BCUT2D eigenvalue weighted by molar-refractivity contribution is -0.134. The van der Waals surface area contributed by atoms with Crippen LogP contribution >= 0.6 is 0 Å². The molecule has 2 aliphatic rings. The van der Waals surface area contributed by atoms with Gasteiger partial charge in [0.15, 0.2) is 0 Å². The zero-order valence-electron chi connectivity index (χ0n) is 11.2. The Kier molecular flexibility index (Phi) is 3.90. The molecule has 0 aromatic rings. The Hall–Kier alpha value is -0.710. The number of hydrogen-bond donors (Lipinski definition) is 0. The van der Waals surface area contributed by atoms with E-state index in [0.717, 1.165) is 25.9 Å². The predicted molar refractivity (Wildman–Crippen MR) is 65.6 cm³/mol. The van der Waals surface area contributed by atoms with Gasteiger partial charge < -0.3 is 9.80 Å². The van der Waals surface area contributed by atoms with Gasteiger partial charge in [-0.1, -0.05) is 6.92 Å². The third kappa shape index (κ3) is 2.82. The summed E-state index contributed by atoms with van der Waals surface area (Å²) in [5, 5.41) is 0. The highest BCUT2D eigenvalue weighted by molar-refractivity contribution is 5.76. The van der Waals surface area contributed by atoms with E-state index in [1.165, 1.54) is 4.90 Å². The number of alkyl halides is 2. The second kappa shape index (κ2) is 5.11. The molecule has 1 amide bonds. The molecule has 5 heteroatoms. The van der Waals surface area contributed by atoms with Gasteiger partial charge >= 0.3 is 0 Å². The number of likely N-dealkylation sites (tertiary alicyclic amines) is 2. The molecule has 0 radical (unpaired) electrons. The molecule has 0 saturated carbocycles. The Morgan fingerprint density at radius 1 is 1.33 bits per heavy atom. The number of halogens is 2. The van der Waals surface area contributed by atoms with Crippen molar-refractivity contribution in [2.75, 3.05) is 26.7 Å². The minimum absolute atomic E-state index is 0.129. The summed E-state index contributed by atoms with van der Waals surface area (Å²) in [6, 6.07) is -0.249. The van der Waals surface area contributed by atoms with Gasteiger partial charge in [-0.25, -0.2) is 8.78 Å². The fraction of sp³-hybridized carbons (Fsp3) is 0.923. The van der Waals surface area contributed by atoms with Crippen molar-refractivity contribution in [3.05, 3.63) is 0 Å². The normalized spacial score (nSPS) is 29.8. The van der Waals surface area contributed by atoms with Crippen molar-refractivity contribution < 1.29 is 13.6 Å². The van der Waals surface area contributed by atoms with Crippen molar-refractivity contribution in [2.45, 2.75) is 44.6 Å². The molecule has 0 bridgehead atoms. The van der Waals surface area contributed by atoms with Gasteiger partial charge in [-0.05, 0) is 38.9 Å². The molecule has 2 heterocycles. The van der Waals surface area contributed by atoms with Crippen LogP contribution in [0.25, 0.3) is 0 Å². The molecule has 0 aliphatic carbocycles. The third-order valence-corrected chi connectivity index (χ3v) is 4.24. The van der Waals surface area contributed by atoms with E-state index in [1.807, 2.05) is 0 Å². The van der Waals surface area contributed by atoms with E-state index >= 15 is 0 Å². The fourth-order valence-electron chi connectivity index (χ4n) is 3.16. The van der Waals surface area contributed by atoms with E-state index in [0.29, 0.717) is 6.42 Å². The minimum atomic E-state index is -2.70. The maximum Gasteiger partial charge on any atom is 0.267 e. The van der Waals surface area contributed by atoms with Gasteiger partial charge in [0.25, 0.3) is 5.92 Å². The first kappa shape index (κ1) is 13.7. The van der Waals surface area contributed by atoms with E-state index < -0.39 is 5.92 Å². The zero-order chi connectivity index (χ0) is 13.3. The molecule has 0 unspecified atom stereocenters.